The van der Waals surface area contributed by atoms with E-state index in [0.717, 1.165) is 54.4 Å². The summed E-state index contributed by atoms with van der Waals surface area (Å²) in [6, 6.07) is 15.2. The highest BCUT2D eigenvalue weighted by atomic mass is 35.5. The van der Waals surface area contributed by atoms with Crippen LogP contribution in [0.15, 0.2) is 59.7 Å². The van der Waals surface area contributed by atoms with Gasteiger partial charge in [0.15, 0.2) is 5.78 Å². The molecule has 1 aliphatic carbocycles. The minimum atomic E-state index is 0.157. The molecule has 1 fully saturated rings. The Morgan fingerprint density at radius 1 is 0.640 bits per heavy atom. The van der Waals surface area contributed by atoms with Crippen molar-refractivity contribution in [1.29, 1.82) is 0 Å². The van der Waals surface area contributed by atoms with Gasteiger partial charge in [-0.3, -0.25) is 4.79 Å². The molecule has 3 rings (SSSR count). The third kappa shape index (κ3) is 5.07. The third-order valence-electron chi connectivity index (χ3n) is 4.40. The zero-order valence-corrected chi connectivity index (χ0v) is 15.5. The molecular weight excluding hydrogens is 351 g/mol. The molecule has 1 saturated carbocycles. The van der Waals surface area contributed by atoms with Crippen molar-refractivity contribution in [2.24, 2.45) is 0 Å². The lowest BCUT2D eigenvalue weighted by atomic mass is 9.89. The Morgan fingerprint density at radius 3 is 1.44 bits per heavy atom. The lowest BCUT2D eigenvalue weighted by molar-refractivity contribution is -0.112. The summed E-state index contributed by atoms with van der Waals surface area (Å²) in [7, 11) is 0. The molecule has 1 aliphatic rings. The zero-order valence-electron chi connectivity index (χ0n) is 14.0. The third-order valence-corrected chi connectivity index (χ3v) is 4.90. The number of Topliss-reactive ketones (excluding diaryl/α,β-unsaturated/α-hetero) is 1. The Morgan fingerprint density at radius 2 is 1.04 bits per heavy atom. The van der Waals surface area contributed by atoms with Gasteiger partial charge in [0, 0.05) is 21.2 Å². The smallest absolute Gasteiger partial charge is 0.185 e. The quantitative estimate of drug-likeness (QED) is 0.520. The van der Waals surface area contributed by atoms with E-state index >= 15 is 0 Å². The number of carbonyl (C=O) groups is 1. The van der Waals surface area contributed by atoms with Crippen LogP contribution in [-0.2, 0) is 4.79 Å². The molecule has 0 amide bonds. The molecule has 0 atom stereocenters. The molecule has 0 aromatic heterocycles. The zero-order chi connectivity index (χ0) is 17.6. The first-order valence-corrected chi connectivity index (χ1v) is 9.34. The van der Waals surface area contributed by atoms with E-state index in [4.69, 9.17) is 23.2 Å². The van der Waals surface area contributed by atoms with Gasteiger partial charge in [0.05, 0.1) is 0 Å². The Balaban J connectivity index is 1.91. The van der Waals surface area contributed by atoms with E-state index in [1.165, 1.54) is 0 Å². The van der Waals surface area contributed by atoms with E-state index < -0.39 is 0 Å². The topological polar surface area (TPSA) is 17.1 Å². The largest absolute Gasteiger partial charge is 0.289 e. The van der Waals surface area contributed by atoms with Gasteiger partial charge in [-0.1, -0.05) is 53.9 Å². The fourth-order valence-corrected chi connectivity index (χ4v) is 3.29. The molecule has 0 radical (unpaired) electrons. The van der Waals surface area contributed by atoms with Crippen LogP contribution in [0.3, 0.4) is 0 Å². The summed E-state index contributed by atoms with van der Waals surface area (Å²) in [6.07, 6.45) is 8.89. The van der Waals surface area contributed by atoms with Crippen LogP contribution in [0.5, 0.6) is 0 Å². The van der Waals surface area contributed by atoms with Crippen molar-refractivity contribution in [2.75, 3.05) is 0 Å². The molecule has 1 nitrogen and oxygen atoms in total. The summed E-state index contributed by atoms with van der Waals surface area (Å²) in [5.74, 6) is 0.157. The van der Waals surface area contributed by atoms with Crippen LogP contribution >= 0.6 is 23.2 Å². The van der Waals surface area contributed by atoms with Crippen LogP contribution in [0.2, 0.25) is 10.0 Å². The Hall–Kier alpha value is -1.83. The number of carbonyl (C=O) groups excluding carboxylic acids is 1. The molecule has 2 aromatic carbocycles. The fraction of sp³-hybridized carbons (Fsp3) is 0.227. The number of benzene rings is 2. The van der Waals surface area contributed by atoms with Gasteiger partial charge in [-0.2, -0.15) is 0 Å². The monoisotopic (exact) mass is 370 g/mol. The van der Waals surface area contributed by atoms with E-state index in [1.807, 2.05) is 60.7 Å². The highest BCUT2D eigenvalue weighted by molar-refractivity contribution is 6.30. The van der Waals surface area contributed by atoms with Crippen molar-refractivity contribution in [1.82, 2.24) is 0 Å². The van der Waals surface area contributed by atoms with Crippen LogP contribution in [-0.4, -0.2) is 5.78 Å². The van der Waals surface area contributed by atoms with Crippen molar-refractivity contribution in [3.63, 3.8) is 0 Å². The SMILES string of the molecule is O=C1/C(=C\c2ccc(Cl)cc2)CCCCC/C1=C\c1ccc(Cl)cc1. The lowest BCUT2D eigenvalue weighted by Crippen LogP contribution is -2.09. The summed E-state index contributed by atoms with van der Waals surface area (Å²) in [5, 5.41) is 1.41. The van der Waals surface area contributed by atoms with Gasteiger partial charge in [-0.25, -0.2) is 0 Å². The van der Waals surface area contributed by atoms with E-state index in [9.17, 15) is 4.79 Å². The standard InChI is InChI=1S/C22H20Cl2O/c23-20-10-6-16(7-11-20)14-18-4-2-1-3-5-19(22(18)25)15-17-8-12-21(24)13-9-17/h6-15H,1-5H2/b18-14-,19-15+. The van der Waals surface area contributed by atoms with Gasteiger partial charge in [-0.15, -0.1) is 0 Å². The number of ketones is 1. The first-order valence-electron chi connectivity index (χ1n) is 8.59. The van der Waals surface area contributed by atoms with Crippen molar-refractivity contribution >= 4 is 41.1 Å². The van der Waals surface area contributed by atoms with E-state index in [2.05, 4.69) is 0 Å². The van der Waals surface area contributed by atoms with Gasteiger partial charge < -0.3 is 0 Å². The first kappa shape index (κ1) is 18.0. The number of allylic oxidation sites excluding steroid dienone is 2. The molecule has 3 heteroatoms. The minimum Gasteiger partial charge on any atom is -0.289 e. The average molecular weight is 371 g/mol. The van der Waals surface area contributed by atoms with Gasteiger partial charge in [0.25, 0.3) is 0 Å². The molecular formula is C22H20Cl2O. The Bertz CT molecular complexity index is 731. The first-order chi connectivity index (χ1) is 12.1. The van der Waals surface area contributed by atoms with Crippen molar-refractivity contribution in [2.45, 2.75) is 32.1 Å². The summed E-state index contributed by atoms with van der Waals surface area (Å²) in [5.41, 5.74) is 3.78. The van der Waals surface area contributed by atoms with Crippen molar-refractivity contribution in [3.05, 3.63) is 80.8 Å². The second-order valence-electron chi connectivity index (χ2n) is 6.33. The molecule has 0 spiro atoms. The minimum absolute atomic E-state index is 0.157. The number of rotatable bonds is 2. The maximum absolute atomic E-state index is 13.1. The van der Waals surface area contributed by atoms with Crippen LogP contribution in [0, 0.1) is 0 Å². The predicted molar refractivity (Wildman–Crippen MR) is 107 cm³/mol. The molecule has 2 aromatic rings. The lowest BCUT2D eigenvalue weighted by Gasteiger charge is -2.15. The number of hydrogen-bond acceptors (Lipinski definition) is 1. The molecule has 128 valence electrons. The maximum Gasteiger partial charge on any atom is 0.185 e. The second-order valence-corrected chi connectivity index (χ2v) is 7.20. The number of hydrogen-bond donors (Lipinski definition) is 0. The van der Waals surface area contributed by atoms with Crippen LogP contribution < -0.4 is 0 Å². The number of halogens is 2. The summed E-state index contributed by atoms with van der Waals surface area (Å²) in [6.45, 7) is 0. The maximum atomic E-state index is 13.1. The van der Waals surface area contributed by atoms with Crippen molar-refractivity contribution < 1.29 is 4.79 Å². The molecule has 0 saturated heterocycles. The van der Waals surface area contributed by atoms with Crippen molar-refractivity contribution in [3.8, 4) is 0 Å². The summed E-state index contributed by atoms with van der Waals surface area (Å²) in [4.78, 5) is 13.1. The highest BCUT2D eigenvalue weighted by Crippen LogP contribution is 2.27. The average Bonchev–Trinajstić information content (AvgIpc) is 2.61. The van der Waals surface area contributed by atoms with E-state index in [1.54, 1.807) is 0 Å². The Kier molecular flexibility index (Phi) is 6.12. The van der Waals surface area contributed by atoms with Gasteiger partial charge >= 0.3 is 0 Å². The summed E-state index contributed by atoms with van der Waals surface area (Å²) < 4.78 is 0. The van der Waals surface area contributed by atoms with Crippen LogP contribution in [0.25, 0.3) is 12.2 Å². The normalized spacial score (nSPS) is 19.0. The molecule has 0 heterocycles. The summed E-state index contributed by atoms with van der Waals surface area (Å²) >= 11 is 11.9. The van der Waals surface area contributed by atoms with Crippen LogP contribution in [0.4, 0.5) is 0 Å². The molecule has 0 unspecified atom stereocenters. The van der Waals surface area contributed by atoms with E-state index in [0.29, 0.717) is 10.0 Å². The predicted octanol–water partition coefficient (Wildman–Crippen LogP) is 6.99. The van der Waals surface area contributed by atoms with E-state index in [-0.39, 0.29) is 5.78 Å². The molecule has 0 aliphatic heterocycles. The molecule has 0 bridgehead atoms. The Labute approximate surface area is 159 Å². The second kappa shape index (κ2) is 8.51. The highest BCUT2D eigenvalue weighted by Gasteiger charge is 2.17. The van der Waals surface area contributed by atoms with Crippen LogP contribution in [0.1, 0.15) is 43.2 Å². The van der Waals surface area contributed by atoms with Gasteiger partial charge in [-0.05, 0) is 73.2 Å². The molecule has 0 N–H and O–H groups in total. The van der Waals surface area contributed by atoms with Gasteiger partial charge in [0.1, 0.15) is 0 Å². The van der Waals surface area contributed by atoms with Gasteiger partial charge in [0.2, 0.25) is 0 Å². The molecule has 25 heavy (non-hydrogen) atoms. The fourth-order valence-electron chi connectivity index (χ4n) is 3.04.